The van der Waals surface area contributed by atoms with Crippen molar-refractivity contribution in [2.24, 2.45) is 11.3 Å². The number of aliphatic carboxylic acids is 1. The molecule has 1 heterocycles. The molecule has 7 heteroatoms. The van der Waals surface area contributed by atoms with Crippen LogP contribution < -0.4 is 5.32 Å². The van der Waals surface area contributed by atoms with Gasteiger partial charge in [0.15, 0.2) is 0 Å². The van der Waals surface area contributed by atoms with E-state index in [1.807, 2.05) is 6.08 Å². The van der Waals surface area contributed by atoms with Gasteiger partial charge in [0, 0.05) is 32.7 Å². The van der Waals surface area contributed by atoms with Crippen LogP contribution in [0, 0.1) is 11.3 Å². The number of amides is 2. The van der Waals surface area contributed by atoms with E-state index < -0.39 is 11.4 Å². The number of nitrogens with zero attached hydrogens (tertiary/aromatic N) is 1. The maximum Gasteiger partial charge on any atom is 0.319 e. The van der Waals surface area contributed by atoms with Gasteiger partial charge in [0.2, 0.25) is 11.8 Å². The zero-order valence-corrected chi connectivity index (χ0v) is 14.1. The molecule has 7 nitrogen and oxygen atoms in total. The van der Waals surface area contributed by atoms with E-state index in [9.17, 15) is 19.5 Å². The van der Waals surface area contributed by atoms with Crippen LogP contribution in [0.4, 0.5) is 0 Å². The van der Waals surface area contributed by atoms with E-state index >= 15 is 0 Å². The van der Waals surface area contributed by atoms with E-state index in [0.29, 0.717) is 51.9 Å². The van der Waals surface area contributed by atoms with Crippen LogP contribution in [-0.4, -0.2) is 61.1 Å². The van der Waals surface area contributed by atoms with Crippen LogP contribution in [0.15, 0.2) is 12.2 Å². The molecule has 0 aromatic rings. The predicted molar refractivity (Wildman–Crippen MR) is 87.2 cm³/mol. The number of hydrogen-bond donors (Lipinski definition) is 2. The lowest BCUT2D eigenvalue weighted by atomic mass is 9.75. The van der Waals surface area contributed by atoms with E-state index in [0.717, 1.165) is 0 Å². The minimum Gasteiger partial charge on any atom is -0.480 e. The van der Waals surface area contributed by atoms with Crippen molar-refractivity contribution in [3.8, 4) is 0 Å². The van der Waals surface area contributed by atoms with E-state index in [1.54, 1.807) is 18.1 Å². The van der Waals surface area contributed by atoms with Crippen molar-refractivity contribution in [3.05, 3.63) is 12.2 Å². The van der Waals surface area contributed by atoms with Crippen molar-refractivity contribution >= 4 is 17.8 Å². The first-order valence-electron chi connectivity index (χ1n) is 8.45. The summed E-state index contributed by atoms with van der Waals surface area (Å²) < 4.78 is 4.90. The molecule has 2 amide bonds. The molecule has 0 spiro atoms. The highest BCUT2D eigenvalue weighted by atomic mass is 16.5. The third kappa shape index (κ3) is 3.95. The number of ether oxygens (including phenoxy) is 1. The first-order valence-corrected chi connectivity index (χ1v) is 8.45. The number of nitrogens with one attached hydrogen (secondary N) is 1. The van der Waals surface area contributed by atoms with Crippen LogP contribution in [0.3, 0.4) is 0 Å². The summed E-state index contributed by atoms with van der Waals surface area (Å²) in [4.78, 5) is 38.2. The van der Waals surface area contributed by atoms with Gasteiger partial charge in [0.25, 0.3) is 0 Å². The Balaban J connectivity index is 1.91. The second kappa shape index (κ2) is 8.28. The van der Waals surface area contributed by atoms with Gasteiger partial charge < -0.3 is 20.1 Å². The molecular weight excluding hydrogens is 312 g/mol. The Morgan fingerprint density at radius 1 is 1.29 bits per heavy atom. The average molecular weight is 338 g/mol. The normalized spacial score (nSPS) is 24.6. The summed E-state index contributed by atoms with van der Waals surface area (Å²) >= 11 is 0. The summed E-state index contributed by atoms with van der Waals surface area (Å²) in [6.45, 7) is 1.81. The Morgan fingerprint density at radius 2 is 2.00 bits per heavy atom. The monoisotopic (exact) mass is 338 g/mol. The molecule has 1 fully saturated rings. The number of methoxy groups -OCH3 is 1. The van der Waals surface area contributed by atoms with Gasteiger partial charge in [0.05, 0.1) is 6.61 Å². The Kier molecular flexibility index (Phi) is 6.36. The zero-order valence-electron chi connectivity index (χ0n) is 14.1. The molecule has 0 bridgehead atoms. The van der Waals surface area contributed by atoms with Crippen molar-refractivity contribution in [2.75, 3.05) is 33.4 Å². The average Bonchev–Trinajstić information content (AvgIpc) is 2.61. The van der Waals surface area contributed by atoms with Gasteiger partial charge in [-0.3, -0.25) is 14.4 Å². The number of allylic oxidation sites excluding steroid dienone is 2. The van der Waals surface area contributed by atoms with Crippen molar-refractivity contribution < 1.29 is 24.2 Å². The van der Waals surface area contributed by atoms with Gasteiger partial charge in [-0.15, -0.1) is 0 Å². The van der Waals surface area contributed by atoms with Gasteiger partial charge in [-0.05, 0) is 32.1 Å². The number of piperidine rings is 1. The number of rotatable bonds is 6. The largest absolute Gasteiger partial charge is 0.480 e. The van der Waals surface area contributed by atoms with Crippen molar-refractivity contribution in [1.82, 2.24) is 10.2 Å². The summed E-state index contributed by atoms with van der Waals surface area (Å²) in [6.07, 6.45) is 6.03. The second-order valence-electron chi connectivity index (χ2n) is 6.45. The van der Waals surface area contributed by atoms with Crippen molar-refractivity contribution in [2.45, 2.75) is 32.1 Å². The van der Waals surface area contributed by atoms with Crippen molar-refractivity contribution in [3.63, 3.8) is 0 Å². The number of hydrogen-bond acceptors (Lipinski definition) is 4. The van der Waals surface area contributed by atoms with E-state index in [4.69, 9.17) is 4.74 Å². The van der Waals surface area contributed by atoms with E-state index in [2.05, 4.69) is 5.32 Å². The highest BCUT2D eigenvalue weighted by Gasteiger charge is 2.48. The molecule has 134 valence electrons. The molecule has 1 atom stereocenters. The molecule has 1 aliphatic heterocycles. The van der Waals surface area contributed by atoms with Crippen LogP contribution in [0.25, 0.3) is 0 Å². The Hall–Kier alpha value is -1.89. The molecule has 0 aromatic carbocycles. The fourth-order valence-corrected chi connectivity index (χ4v) is 3.38. The lowest BCUT2D eigenvalue weighted by Crippen LogP contribution is -2.52. The smallest absolute Gasteiger partial charge is 0.319 e. The number of carbonyl (C=O) groups is 3. The summed E-state index contributed by atoms with van der Waals surface area (Å²) in [7, 11) is 1.58. The molecular formula is C17H26N2O5. The molecule has 2 aliphatic rings. The fourth-order valence-electron chi connectivity index (χ4n) is 3.38. The number of carboxylic acids is 1. The SMILES string of the molecule is COCCNC(=O)C1CCN(C(=O)C2(C(=O)O)CC=CCC2)CC1. The molecule has 1 aliphatic carbocycles. The summed E-state index contributed by atoms with van der Waals surface area (Å²) in [5.41, 5.74) is -1.33. The van der Waals surface area contributed by atoms with Crippen LogP contribution in [0.5, 0.6) is 0 Å². The minimum atomic E-state index is -1.33. The van der Waals surface area contributed by atoms with E-state index in [1.165, 1.54) is 0 Å². The van der Waals surface area contributed by atoms with Gasteiger partial charge in [-0.2, -0.15) is 0 Å². The number of carbonyl (C=O) groups excluding carboxylic acids is 2. The highest BCUT2D eigenvalue weighted by molar-refractivity contribution is 6.02. The Labute approximate surface area is 142 Å². The van der Waals surface area contributed by atoms with E-state index in [-0.39, 0.29) is 24.2 Å². The van der Waals surface area contributed by atoms with Gasteiger partial charge in [0.1, 0.15) is 5.41 Å². The maximum atomic E-state index is 12.8. The second-order valence-corrected chi connectivity index (χ2v) is 6.45. The standard InChI is InChI=1S/C17H26N2O5/c1-24-12-9-18-14(20)13-5-10-19(11-6-13)15(21)17(16(22)23)7-3-2-4-8-17/h2-3,13H,4-12H2,1H3,(H,18,20)(H,22,23). The summed E-state index contributed by atoms with van der Waals surface area (Å²) in [5.74, 6) is -1.50. The summed E-state index contributed by atoms with van der Waals surface area (Å²) in [5, 5.41) is 12.4. The summed E-state index contributed by atoms with van der Waals surface area (Å²) in [6, 6.07) is 0. The first kappa shape index (κ1) is 18.4. The Morgan fingerprint density at radius 3 is 2.54 bits per heavy atom. The molecule has 2 N–H and O–H groups in total. The zero-order chi connectivity index (χ0) is 17.6. The van der Waals surface area contributed by atoms with Crippen LogP contribution in [0.1, 0.15) is 32.1 Å². The maximum absolute atomic E-state index is 12.8. The van der Waals surface area contributed by atoms with Gasteiger partial charge in [-0.25, -0.2) is 0 Å². The Bertz CT molecular complexity index is 511. The first-order chi connectivity index (χ1) is 11.5. The molecule has 24 heavy (non-hydrogen) atoms. The van der Waals surface area contributed by atoms with Crippen LogP contribution in [0.2, 0.25) is 0 Å². The molecule has 1 saturated heterocycles. The van der Waals surface area contributed by atoms with Gasteiger partial charge >= 0.3 is 5.97 Å². The minimum absolute atomic E-state index is 0.0207. The van der Waals surface area contributed by atoms with Crippen LogP contribution in [-0.2, 0) is 19.1 Å². The number of carboxylic acid groups (broad SMARTS) is 1. The van der Waals surface area contributed by atoms with Crippen molar-refractivity contribution in [1.29, 1.82) is 0 Å². The molecule has 2 rings (SSSR count). The molecule has 0 saturated carbocycles. The molecule has 1 unspecified atom stereocenters. The lowest BCUT2D eigenvalue weighted by Gasteiger charge is -2.38. The molecule has 0 aromatic heterocycles. The lowest BCUT2D eigenvalue weighted by molar-refractivity contribution is -0.162. The fraction of sp³-hybridized carbons (Fsp3) is 0.706. The third-order valence-electron chi connectivity index (χ3n) is 4.95. The topological polar surface area (TPSA) is 95.9 Å². The van der Waals surface area contributed by atoms with Crippen LogP contribution >= 0.6 is 0 Å². The molecule has 0 radical (unpaired) electrons. The highest BCUT2D eigenvalue weighted by Crippen LogP contribution is 2.36. The predicted octanol–water partition coefficient (Wildman–Crippen LogP) is 0.799. The number of likely N-dealkylation sites (tertiary alicyclic amines) is 1. The third-order valence-corrected chi connectivity index (χ3v) is 4.95. The van der Waals surface area contributed by atoms with Gasteiger partial charge in [-0.1, -0.05) is 12.2 Å². The quantitative estimate of drug-likeness (QED) is 0.424.